The lowest BCUT2D eigenvalue weighted by Gasteiger charge is -2.39. The van der Waals surface area contributed by atoms with Gasteiger partial charge in [0.1, 0.15) is 0 Å². The van der Waals surface area contributed by atoms with E-state index in [9.17, 15) is 9.90 Å². The van der Waals surface area contributed by atoms with Gasteiger partial charge >= 0.3 is 0 Å². The molecule has 0 saturated heterocycles. The Bertz CT molecular complexity index is 556. The number of quaternary nitrogens is 1. The SMILES string of the molecule is CCCC[N+](CCCC)(CCCC)CCCC.O=C([O-])c1cc(Cl)cc(Cl)c1Cl. The number of hydrogen-bond donors (Lipinski definition) is 0. The molecule has 0 bridgehead atoms. The minimum atomic E-state index is -1.40. The molecule has 0 saturated carbocycles. The molecule has 0 heterocycles. The standard InChI is InChI=1S/C16H36N.C7H3Cl3O2/c1-5-9-13-17(14-10-6-2,15-11-7-3)16-12-8-4;8-3-1-4(7(11)12)6(10)5(9)2-3/h5-16H2,1-4H3;1-2H,(H,11,12)/q+1;/p-1. The number of rotatable bonds is 13. The fourth-order valence-corrected chi connectivity index (χ4v) is 4.03. The van der Waals surface area contributed by atoms with Gasteiger partial charge in [0.05, 0.1) is 42.2 Å². The Kier molecular flexibility index (Phi) is 16.0. The lowest BCUT2D eigenvalue weighted by atomic mass is 10.1. The molecular formula is C23H38Cl3NO2. The Morgan fingerprint density at radius 2 is 1.17 bits per heavy atom. The van der Waals surface area contributed by atoms with E-state index in [1.807, 2.05) is 0 Å². The van der Waals surface area contributed by atoms with E-state index in [0.717, 1.165) is 0 Å². The van der Waals surface area contributed by atoms with Crippen molar-refractivity contribution < 1.29 is 14.4 Å². The number of nitrogens with zero attached hydrogens (tertiary/aromatic N) is 1. The van der Waals surface area contributed by atoms with E-state index in [0.29, 0.717) is 0 Å². The predicted octanol–water partition coefficient (Wildman–Crippen LogP) is 7.01. The summed E-state index contributed by atoms with van der Waals surface area (Å²) in [4.78, 5) is 10.4. The molecular weight excluding hydrogens is 429 g/mol. The van der Waals surface area contributed by atoms with Gasteiger partial charge in [0.25, 0.3) is 0 Å². The molecule has 0 fully saturated rings. The van der Waals surface area contributed by atoms with Gasteiger partial charge in [-0.3, -0.25) is 0 Å². The summed E-state index contributed by atoms with van der Waals surface area (Å²) < 4.78 is 1.42. The van der Waals surface area contributed by atoms with Crippen LogP contribution in [0.15, 0.2) is 12.1 Å². The molecule has 3 nitrogen and oxygen atoms in total. The van der Waals surface area contributed by atoms with Crippen molar-refractivity contribution in [1.82, 2.24) is 0 Å². The highest BCUT2D eigenvalue weighted by Gasteiger charge is 2.24. The average Bonchev–Trinajstić information content (AvgIpc) is 2.70. The second-order valence-electron chi connectivity index (χ2n) is 7.69. The first-order valence-electron chi connectivity index (χ1n) is 11.0. The second-order valence-corrected chi connectivity index (χ2v) is 8.91. The van der Waals surface area contributed by atoms with E-state index >= 15 is 0 Å². The summed E-state index contributed by atoms with van der Waals surface area (Å²) in [6, 6.07) is 2.54. The number of carbonyl (C=O) groups is 1. The zero-order valence-electron chi connectivity index (χ0n) is 18.5. The van der Waals surface area contributed by atoms with E-state index in [4.69, 9.17) is 34.8 Å². The van der Waals surface area contributed by atoms with Crippen LogP contribution >= 0.6 is 34.8 Å². The van der Waals surface area contributed by atoms with E-state index in [1.54, 1.807) is 0 Å². The topological polar surface area (TPSA) is 40.1 Å². The van der Waals surface area contributed by atoms with Crippen LogP contribution in [0.5, 0.6) is 0 Å². The molecule has 1 aromatic rings. The maximum atomic E-state index is 10.4. The minimum Gasteiger partial charge on any atom is -0.545 e. The average molecular weight is 467 g/mol. The zero-order chi connectivity index (χ0) is 22.3. The summed E-state index contributed by atoms with van der Waals surface area (Å²) in [7, 11) is 0. The summed E-state index contributed by atoms with van der Waals surface area (Å²) in [6.07, 6.45) is 11.1. The van der Waals surface area contributed by atoms with E-state index in [2.05, 4.69) is 27.7 Å². The highest BCUT2D eigenvalue weighted by molar-refractivity contribution is 6.44. The van der Waals surface area contributed by atoms with Gasteiger partial charge in [-0.25, -0.2) is 0 Å². The zero-order valence-corrected chi connectivity index (χ0v) is 20.8. The molecule has 0 unspecified atom stereocenters. The highest BCUT2D eigenvalue weighted by atomic mass is 35.5. The van der Waals surface area contributed by atoms with Gasteiger partial charge in [0, 0.05) is 10.6 Å². The Morgan fingerprint density at radius 3 is 1.48 bits per heavy atom. The van der Waals surface area contributed by atoms with Gasteiger partial charge in [-0.2, -0.15) is 0 Å². The number of unbranched alkanes of at least 4 members (excludes halogenated alkanes) is 4. The van der Waals surface area contributed by atoms with Crippen LogP contribution < -0.4 is 5.11 Å². The number of carbonyl (C=O) groups excluding carboxylic acids is 1. The van der Waals surface area contributed by atoms with Gasteiger partial charge in [0.15, 0.2) is 0 Å². The van der Waals surface area contributed by atoms with Gasteiger partial charge in [0.2, 0.25) is 0 Å². The van der Waals surface area contributed by atoms with E-state index < -0.39 is 5.97 Å². The van der Waals surface area contributed by atoms with Crippen LogP contribution in [0.1, 0.15) is 89.4 Å². The van der Waals surface area contributed by atoms with Crippen molar-refractivity contribution >= 4 is 40.8 Å². The first-order chi connectivity index (χ1) is 13.8. The fraction of sp³-hybridized carbons (Fsp3) is 0.696. The molecule has 1 rings (SSSR count). The van der Waals surface area contributed by atoms with Crippen LogP contribution in [-0.4, -0.2) is 36.6 Å². The Balaban J connectivity index is 0.000000571. The third-order valence-corrected chi connectivity index (χ3v) is 6.18. The smallest absolute Gasteiger partial charge is 0.0786 e. The lowest BCUT2D eigenvalue weighted by molar-refractivity contribution is -0.929. The fourth-order valence-electron chi connectivity index (χ4n) is 3.35. The van der Waals surface area contributed by atoms with Crippen molar-refractivity contribution in [3.63, 3.8) is 0 Å². The normalized spacial score (nSPS) is 11.1. The second kappa shape index (κ2) is 16.2. The summed E-state index contributed by atoms with van der Waals surface area (Å²) in [5.41, 5.74) is -0.200. The Morgan fingerprint density at radius 1 is 0.793 bits per heavy atom. The Hall–Kier alpha value is -0.480. The molecule has 0 aliphatic carbocycles. The van der Waals surface area contributed by atoms with Crippen molar-refractivity contribution in [3.8, 4) is 0 Å². The molecule has 0 atom stereocenters. The van der Waals surface area contributed by atoms with Crippen LogP contribution in [0.4, 0.5) is 0 Å². The Labute approximate surface area is 192 Å². The summed E-state index contributed by atoms with van der Waals surface area (Å²) in [5.74, 6) is -1.40. The number of carboxylic acids is 1. The summed E-state index contributed by atoms with van der Waals surface area (Å²) in [5, 5.41) is 10.7. The molecule has 29 heavy (non-hydrogen) atoms. The first-order valence-corrected chi connectivity index (χ1v) is 12.1. The van der Waals surface area contributed by atoms with Gasteiger partial charge in [-0.05, 0) is 37.8 Å². The number of carboxylic acid groups (broad SMARTS) is 1. The first kappa shape index (κ1) is 28.5. The van der Waals surface area contributed by atoms with E-state index in [-0.39, 0.29) is 20.6 Å². The highest BCUT2D eigenvalue weighted by Crippen LogP contribution is 2.29. The molecule has 0 aliphatic heterocycles. The lowest BCUT2D eigenvalue weighted by Crippen LogP contribution is -2.50. The maximum Gasteiger partial charge on any atom is 0.0786 e. The molecule has 168 valence electrons. The third kappa shape index (κ3) is 11.5. The van der Waals surface area contributed by atoms with Crippen LogP contribution in [0.25, 0.3) is 0 Å². The maximum absolute atomic E-state index is 10.4. The van der Waals surface area contributed by atoms with Crippen molar-refractivity contribution in [3.05, 3.63) is 32.8 Å². The van der Waals surface area contributed by atoms with Crippen LogP contribution in [0.2, 0.25) is 15.1 Å². The summed E-state index contributed by atoms with van der Waals surface area (Å²) >= 11 is 16.6. The number of benzene rings is 1. The number of halogens is 3. The third-order valence-electron chi connectivity index (χ3n) is 5.16. The number of hydrogen-bond acceptors (Lipinski definition) is 2. The van der Waals surface area contributed by atoms with Gasteiger partial charge in [-0.1, -0.05) is 88.2 Å². The monoisotopic (exact) mass is 465 g/mol. The molecule has 0 amide bonds. The van der Waals surface area contributed by atoms with Gasteiger partial charge in [-0.15, -0.1) is 0 Å². The van der Waals surface area contributed by atoms with Crippen molar-refractivity contribution in [2.24, 2.45) is 0 Å². The molecule has 0 aliphatic rings. The molecule has 0 N–H and O–H groups in total. The van der Waals surface area contributed by atoms with Crippen LogP contribution in [0, 0.1) is 0 Å². The van der Waals surface area contributed by atoms with Crippen molar-refractivity contribution in [1.29, 1.82) is 0 Å². The predicted molar refractivity (Wildman–Crippen MR) is 125 cm³/mol. The van der Waals surface area contributed by atoms with E-state index in [1.165, 1.54) is 94.2 Å². The molecule has 1 aromatic carbocycles. The molecule has 0 spiro atoms. The summed E-state index contributed by atoms with van der Waals surface area (Å²) in [6.45, 7) is 15.0. The van der Waals surface area contributed by atoms with Crippen LogP contribution in [-0.2, 0) is 0 Å². The van der Waals surface area contributed by atoms with Gasteiger partial charge < -0.3 is 14.4 Å². The largest absolute Gasteiger partial charge is 0.545 e. The molecule has 0 aromatic heterocycles. The van der Waals surface area contributed by atoms with Crippen molar-refractivity contribution in [2.75, 3.05) is 26.2 Å². The quantitative estimate of drug-likeness (QED) is 0.231. The van der Waals surface area contributed by atoms with Crippen molar-refractivity contribution in [2.45, 2.75) is 79.1 Å². The molecule has 6 heteroatoms. The van der Waals surface area contributed by atoms with Crippen LogP contribution in [0.3, 0.4) is 0 Å². The molecule has 0 radical (unpaired) electrons. The minimum absolute atomic E-state index is 0.0546. The number of aromatic carboxylic acids is 1.